The molecule has 0 bridgehead atoms. The van der Waals surface area contributed by atoms with Crippen LogP contribution in [-0.4, -0.2) is 61.4 Å². The average molecular weight is 524 g/mol. The van der Waals surface area contributed by atoms with Crippen molar-refractivity contribution in [1.29, 1.82) is 0 Å². The van der Waals surface area contributed by atoms with Crippen molar-refractivity contribution in [3.05, 3.63) is 35.9 Å². The highest BCUT2D eigenvalue weighted by Gasteiger charge is 2.30. The summed E-state index contributed by atoms with van der Waals surface area (Å²) in [6.07, 6.45) is 2.01. The second-order valence-electron chi connectivity index (χ2n) is 9.86. The van der Waals surface area contributed by atoms with Crippen molar-refractivity contribution in [2.45, 2.75) is 96.4 Å². The lowest BCUT2D eigenvalue weighted by Crippen LogP contribution is -2.56. The summed E-state index contributed by atoms with van der Waals surface area (Å²) >= 11 is 0. The molecular weight excluding hydrogens is 481 g/mol. The predicted octanol–water partition coefficient (Wildman–Crippen LogP) is 3.60. The van der Waals surface area contributed by atoms with E-state index in [0.717, 1.165) is 12.0 Å². The number of carbonyl (C=O) groups is 4. The molecule has 208 valence electrons. The first-order chi connectivity index (χ1) is 17.5. The van der Waals surface area contributed by atoms with Gasteiger partial charge >= 0.3 is 12.1 Å². The van der Waals surface area contributed by atoms with E-state index in [1.807, 2.05) is 37.3 Å². The van der Waals surface area contributed by atoms with Crippen LogP contribution in [0.15, 0.2) is 30.3 Å². The Labute approximate surface area is 219 Å². The fourth-order valence-electron chi connectivity index (χ4n) is 3.56. The summed E-state index contributed by atoms with van der Waals surface area (Å²) in [6, 6.07) is 6.16. The van der Waals surface area contributed by atoms with Gasteiger partial charge in [-0.1, -0.05) is 50.1 Å². The molecular formula is C27H42FN3O6. The van der Waals surface area contributed by atoms with E-state index in [2.05, 4.69) is 16.0 Å². The largest absolute Gasteiger partial charge is 0.467 e. The molecule has 0 aliphatic rings. The van der Waals surface area contributed by atoms with Gasteiger partial charge in [0.05, 0.1) is 13.8 Å². The molecule has 0 spiro atoms. The molecule has 0 aromatic heterocycles. The number of carbonyl (C=O) groups excluding carboxylic acids is 4. The molecule has 0 aliphatic heterocycles. The minimum absolute atomic E-state index is 0.159. The Balaban J connectivity index is 3.08. The molecule has 1 aromatic rings. The number of hydrogen-bond donors (Lipinski definition) is 3. The van der Waals surface area contributed by atoms with Crippen molar-refractivity contribution >= 4 is 23.9 Å². The first-order valence-corrected chi connectivity index (χ1v) is 12.8. The molecule has 1 aromatic carbocycles. The van der Waals surface area contributed by atoms with Crippen LogP contribution in [0.5, 0.6) is 0 Å². The molecule has 37 heavy (non-hydrogen) atoms. The van der Waals surface area contributed by atoms with Gasteiger partial charge in [0.1, 0.15) is 23.7 Å². The predicted molar refractivity (Wildman–Crippen MR) is 139 cm³/mol. The Morgan fingerprint density at radius 1 is 0.865 bits per heavy atom. The molecule has 0 radical (unpaired) electrons. The van der Waals surface area contributed by atoms with Crippen molar-refractivity contribution in [3.8, 4) is 0 Å². The molecule has 0 heterocycles. The van der Waals surface area contributed by atoms with Crippen molar-refractivity contribution < 1.29 is 33.0 Å². The SMILES string of the molecule is CCCCC(NC(=O)[C@@H](CCCCF)NC(=O)[C@@H](Cc1ccccc1)NC(=O)OC(C)(C)C)C(=O)OC. The van der Waals surface area contributed by atoms with Gasteiger partial charge in [-0.15, -0.1) is 0 Å². The summed E-state index contributed by atoms with van der Waals surface area (Å²) in [5.41, 5.74) is 0.0241. The fraction of sp³-hybridized carbons (Fsp3) is 0.630. The van der Waals surface area contributed by atoms with Crippen LogP contribution in [0, 0.1) is 0 Å². The Morgan fingerprint density at radius 2 is 1.46 bits per heavy atom. The zero-order valence-electron chi connectivity index (χ0n) is 22.6. The van der Waals surface area contributed by atoms with Gasteiger partial charge in [-0.05, 0) is 52.0 Å². The highest BCUT2D eigenvalue weighted by atomic mass is 19.1. The highest BCUT2D eigenvalue weighted by Crippen LogP contribution is 2.11. The number of methoxy groups -OCH3 is 1. The average Bonchev–Trinajstić information content (AvgIpc) is 2.84. The maximum atomic E-state index is 13.3. The molecule has 9 nitrogen and oxygen atoms in total. The molecule has 1 unspecified atom stereocenters. The van der Waals surface area contributed by atoms with E-state index in [0.29, 0.717) is 19.3 Å². The molecule has 3 amide bonds. The monoisotopic (exact) mass is 523 g/mol. The van der Waals surface area contributed by atoms with Crippen molar-refractivity contribution in [2.75, 3.05) is 13.8 Å². The molecule has 0 aliphatic carbocycles. The minimum atomic E-state index is -1.04. The van der Waals surface area contributed by atoms with E-state index in [4.69, 9.17) is 9.47 Å². The fourth-order valence-corrected chi connectivity index (χ4v) is 3.56. The number of esters is 1. The first kappa shape index (κ1) is 31.9. The van der Waals surface area contributed by atoms with Crippen LogP contribution in [0.3, 0.4) is 0 Å². The summed E-state index contributed by atoms with van der Waals surface area (Å²) in [5.74, 6) is -1.75. The number of rotatable bonds is 15. The molecule has 0 saturated heterocycles. The van der Waals surface area contributed by atoms with Gasteiger partial charge in [0, 0.05) is 6.42 Å². The summed E-state index contributed by atoms with van der Waals surface area (Å²) in [5, 5.41) is 7.94. The minimum Gasteiger partial charge on any atom is -0.467 e. The van der Waals surface area contributed by atoms with Crippen LogP contribution in [0.25, 0.3) is 0 Å². The zero-order valence-corrected chi connectivity index (χ0v) is 22.6. The summed E-state index contributed by atoms with van der Waals surface area (Å²) in [4.78, 5) is 51.1. The second-order valence-corrected chi connectivity index (χ2v) is 9.86. The third kappa shape index (κ3) is 13.1. The Morgan fingerprint density at radius 3 is 2.03 bits per heavy atom. The third-order valence-electron chi connectivity index (χ3n) is 5.45. The second kappa shape index (κ2) is 16.6. The molecule has 0 fully saturated rings. The van der Waals surface area contributed by atoms with Gasteiger partial charge in [-0.25, -0.2) is 9.59 Å². The van der Waals surface area contributed by atoms with E-state index in [-0.39, 0.29) is 19.3 Å². The standard InChI is InChI=1S/C27H42FN3O6/c1-6-7-15-21(25(34)36-5)30-23(32)20(16-11-12-17-28)29-24(33)22(18-19-13-9-8-10-14-19)31-26(35)37-27(2,3)4/h8-10,13-14,20-22H,6-7,11-12,15-18H2,1-5H3,(H,29,33)(H,30,32)(H,31,35)/t20-,21?,22-/m1/s1. The number of benzene rings is 1. The van der Waals surface area contributed by atoms with E-state index < -0.39 is 54.3 Å². The number of nitrogens with one attached hydrogen (secondary N) is 3. The van der Waals surface area contributed by atoms with E-state index >= 15 is 0 Å². The molecule has 1 rings (SSSR count). The van der Waals surface area contributed by atoms with Gasteiger partial charge < -0.3 is 25.4 Å². The zero-order chi connectivity index (χ0) is 27.8. The summed E-state index contributed by atoms with van der Waals surface area (Å²) in [7, 11) is 1.24. The third-order valence-corrected chi connectivity index (χ3v) is 5.45. The van der Waals surface area contributed by atoms with Crippen LogP contribution in [-0.2, 0) is 30.3 Å². The van der Waals surface area contributed by atoms with Gasteiger partial charge in [0.15, 0.2) is 0 Å². The van der Waals surface area contributed by atoms with E-state index in [9.17, 15) is 23.6 Å². The Hall–Kier alpha value is -3.17. The van der Waals surface area contributed by atoms with Gasteiger partial charge in [0.25, 0.3) is 0 Å². The Kier molecular flexibility index (Phi) is 14.3. The topological polar surface area (TPSA) is 123 Å². The van der Waals surface area contributed by atoms with Gasteiger partial charge in [-0.3, -0.25) is 14.0 Å². The van der Waals surface area contributed by atoms with E-state index in [1.54, 1.807) is 20.8 Å². The summed E-state index contributed by atoms with van der Waals surface area (Å²) < 4.78 is 22.9. The quantitative estimate of drug-likeness (QED) is 0.239. The van der Waals surface area contributed by atoms with Gasteiger partial charge in [-0.2, -0.15) is 0 Å². The lowest BCUT2D eigenvalue weighted by atomic mass is 10.0. The number of halogens is 1. The molecule has 3 N–H and O–H groups in total. The van der Waals surface area contributed by atoms with E-state index in [1.165, 1.54) is 7.11 Å². The van der Waals surface area contributed by atoms with Crippen LogP contribution < -0.4 is 16.0 Å². The van der Waals surface area contributed by atoms with Crippen LogP contribution in [0.1, 0.15) is 71.8 Å². The van der Waals surface area contributed by atoms with Crippen LogP contribution in [0.4, 0.5) is 9.18 Å². The van der Waals surface area contributed by atoms with Crippen LogP contribution >= 0.6 is 0 Å². The van der Waals surface area contributed by atoms with Crippen LogP contribution in [0.2, 0.25) is 0 Å². The number of unbranched alkanes of at least 4 members (excludes halogenated alkanes) is 2. The maximum Gasteiger partial charge on any atom is 0.408 e. The molecule has 3 atom stereocenters. The van der Waals surface area contributed by atoms with Gasteiger partial charge in [0.2, 0.25) is 11.8 Å². The lowest BCUT2D eigenvalue weighted by Gasteiger charge is -2.26. The van der Waals surface area contributed by atoms with Crippen molar-refractivity contribution in [3.63, 3.8) is 0 Å². The lowest BCUT2D eigenvalue weighted by molar-refractivity contribution is -0.145. The number of amides is 3. The summed E-state index contributed by atoms with van der Waals surface area (Å²) in [6.45, 7) is 6.53. The smallest absolute Gasteiger partial charge is 0.408 e. The maximum absolute atomic E-state index is 13.3. The Bertz CT molecular complexity index is 859. The molecule has 0 saturated carbocycles. The normalized spacial score (nSPS) is 13.6. The number of alkyl carbamates (subject to hydrolysis) is 1. The number of ether oxygens (including phenoxy) is 2. The van der Waals surface area contributed by atoms with Crippen molar-refractivity contribution in [1.82, 2.24) is 16.0 Å². The number of alkyl halides is 1. The molecule has 10 heteroatoms. The highest BCUT2D eigenvalue weighted by molar-refractivity contribution is 5.93. The number of hydrogen-bond acceptors (Lipinski definition) is 6. The first-order valence-electron chi connectivity index (χ1n) is 12.8. The van der Waals surface area contributed by atoms with Crippen molar-refractivity contribution in [2.24, 2.45) is 0 Å².